The zero-order chi connectivity index (χ0) is 38.1. The molecule has 1 aliphatic rings. The predicted molar refractivity (Wildman–Crippen MR) is 192 cm³/mol. The highest BCUT2D eigenvalue weighted by Crippen LogP contribution is 2.44. The summed E-state index contributed by atoms with van der Waals surface area (Å²) < 4.78 is 74.6. The van der Waals surface area contributed by atoms with Gasteiger partial charge in [-0.05, 0) is 58.5 Å². The van der Waals surface area contributed by atoms with E-state index in [1.54, 1.807) is 24.3 Å². The number of rotatable bonds is 15. The molecular weight excluding hydrogens is 671 g/mol. The van der Waals surface area contributed by atoms with Crippen LogP contribution in [0, 0.1) is 5.82 Å². The molecule has 0 radical (unpaired) electrons. The summed E-state index contributed by atoms with van der Waals surface area (Å²) in [7, 11) is -1.34. The molecule has 9 heteroatoms. The minimum absolute atomic E-state index is 0.146. The summed E-state index contributed by atoms with van der Waals surface area (Å²) in [6.45, 7) is 0.493. The number of halogens is 2. The molecule has 1 aliphatic heterocycles. The molecule has 0 bridgehead atoms. The van der Waals surface area contributed by atoms with Crippen molar-refractivity contribution < 1.29 is 41.7 Å². The Morgan fingerprint density at radius 1 is 0.765 bits per heavy atom. The van der Waals surface area contributed by atoms with Crippen molar-refractivity contribution in [2.24, 2.45) is 0 Å². The molecule has 0 N–H and O–H groups in total. The Morgan fingerprint density at radius 2 is 1.35 bits per heavy atom. The molecule has 6 rings (SSSR count). The molecule has 5 atom stereocenters. The second kappa shape index (κ2) is 17.2. The maximum atomic E-state index is 15.0. The van der Waals surface area contributed by atoms with Gasteiger partial charge in [0.15, 0.2) is 17.9 Å². The van der Waals surface area contributed by atoms with Gasteiger partial charge < -0.3 is 33.2 Å². The van der Waals surface area contributed by atoms with Crippen molar-refractivity contribution >= 4 is 17.9 Å². The average molecular weight is 714 g/mol. The summed E-state index contributed by atoms with van der Waals surface area (Å²) in [6, 6.07) is 38.0. The average Bonchev–Trinajstić information content (AvgIpc) is 3.18. The quantitative estimate of drug-likeness (QED) is 0.101. The summed E-state index contributed by atoms with van der Waals surface area (Å²) in [5, 5.41) is 0.374. The summed E-state index contributed by atoms with van der Waals surface area (Å²) in [5.41, 5.74) is 4.22. The molecule has 0 spiro atoms. The van der Waals surface area contributed by atoms with Gasteiger partial charge >= 0.3 is 0 Å². The van der Waals surface area contributed by atoms with Crippen molar-refractivity contribution in [3.05, 3.63) is 172 Å². The summed E-state index contributed by atoms with van der Waals surface area (Å²) in [4.78, 5) is 13.0. The van der Waals surface area contributed by atoms with E-state index in [1.165, 1.54) is 19.2 Å². The molecule has 1 saturated heterocycles. The smallest absolute Gasteiger partial charge is 0.225 e. The molecule has 1 heterocycles. The van der Waals surface area contributed by atoms with Crippen LogP contribution in [-0.4, -0.2) is 44.8 Å². The molecule has 0 aromatic heterocycles. The molecular formula is C42H40ClFO7. The Balaban J connectivity index is 1.40. The lowest BCUT2D eigenvalue weighted by Gasteiger charge is -2.51. The normalized spacial score (nSPS) is 22.8. The first kappa shape index (κ1) is 32.5. The van der Waals surface area contributed by atoms with Gasteiger partial charge in [0.2, 0.25) is 5.79 Å². The largest absolute Gasteiger partial charge is 0.494 e. The number of carbonyl (C=O) groups excluding carboxylic acids is 1. The highest BCUT2D eigenvalue weighted by atomic mass is 35.5. The fraction of sp³-hybridized carbons (Fsp3) is 0.262. The second-order valence-corrected chi connectivity index (χ2v) is 12.6. The van der Waals surface area contributed by atoms with Gasteiger partial charge in [-0.2, -0.15) is 0 Å². The topological polar surface area (TPSA) is 72.5 Å². The van der Waals surface area contributed by atoms with Crippen LogP contribution in [0.1, 0.15) is 37.5 Å². The third kappa shape index (κ3) is 8.56. The Bertz CT molecular complexity index is 1970. The Morgan fingerprint density at radius 3 is 1.90 bits per heavy atom. The van der Waals surface area contributed by atoms with Crippen molar-refractivity contribution in [3.8, 4) is 5.75 Å². The maximum absolute atomic E-state index is 15.0. The van der Waals surface area contributed by atoms with Gasteiger partial charge in [-0.3, -0.25) is 0 Å². The van der Waals surface area contributed by atoms with E-state index in [0.29, 0.717) is 28.0 Å². The molecule has 0 amide bonds. The van der Waals surface area contributed by atoms with Crippen molar-refractivity contribution in [1.82, 2.24) is 0 Å². The van der Waals surface area contributed by atoms with Crippen LogP contribution < -0.4 is 4.74 Å². The van der Waals surface area contributed by atoms with Crippen LogP contribution in [0.3, 0.4) is 0 Å². The van der Waals surface area contributed by atoms with E-state index < -0.39 is 48.8 Å². The first-order valence-corrected chi connectivity index (χ1v) is 16.9. The van der Waals surface area contributed by atoms with Crippen LogP contribution in [0.5, 0.6) is 5.75 Å². The van der Waals surface area contributed by atoms with Gasteiger partial charge in [0.05, 0.1) is 31.0 Å². The van der Waals surface area contributed by atoms with Gasteiger partial charge in [-0.1, -0.05) is 115 Å². The second-order valence-electron chi connectivity index (χ2n) is 12.2. The summed E-state index contributed by atoms with van der Waals surface area (Å²) in [5.74, 6) is -2.95. The monoisotopic (exact) mass is 713 g/mol. The minimum Gasteiger partial charge on any atom is -0.494 e. The maximum Gasteiger partial charge on any atom is 0.225 e. The van der Waals surface area contributed by atoms with E-state index in [4.69, 9.17) is 44.1 Å². The zero-order valence-electron chi connectivity index (χ0n) is 31.0. The van der Waals surface area contributed by atoms with E-state index >= 15 is 0 Å². The molecule has 51 heavy (non-hydrogen) atoms. The van der Waals surface area contributed by atoms with Gasteiger partial charge in [-0.15, -0.1) is 0 Å². The fourth-order valence-electron chi connectivity index (χ4n) is 6.29. The molecule has 0 unspecified atom stereocenters. The van der Waals surface area contributed by atoms with E-state index in [2.05, 4.69) is 0 Å². The highest BCUT2D eigenvalue weighted by molar-refractivity contribution is 6.31. The Labute approximate surface area is 307 Å². The summed E-state index contributed by atoms with van der Waals surface area (Å²) >= 11 is 6.73. The van der Waals surface area contributed by atoms with Gasteiger partial charge in [0.1, 0.15) is 24.4 Å². The van der Waals surface area contributed by atoms with E-state index in [9.17, 15) is 9.18 Å². The Hall–Kier alpha value is -4.41. The number of carbonyl (C=O) groups is 1. The lowest BCUT2D eigenvalue weighted by Crippen LogP contribution is -2.65. The number of benzene rings is 5. The standard InChI is InChI=1S/C42H40ClFO7/c1-46-37-21-18-32(23-36(37)44)22-33-24-34(19-20-35(33)43)42(47-2)41(50-28-31-16-10-5-11-17-31)40(49-27-30-14-8-4-9-15-30)39(38(25-45)51-42)48-26-29-12-6-3-7-13-29/h3-21,23-25,38-41H,22,26-28H2,1-2H3/t38-,39-,40+,41-,42+/m1/s1/i1D3. The van der Waals surface area contributed by atoms with E-state index in [1.807, 2.05) is 91.0 Å². The molecule has 1 fully saturated rings. The lowest BCUT2D eigenvalue weighted by atomic mass is 9.86. The van der Waals surface area contributed by atoms with Crippen LogP contribution in [0.15, 0.2) is 127 Å². The van der Waals surface area contributed by atoms with Gasteiger partial charge in [-0.25, -0.2) is 4.39 Å². The SMILES string of the molecule is [2H]C([2H])([2H])Oc1ccc(Cc2cc([C@]3(OC)O[C@H](C=O)[C@@H](OCc4ccccc4)[C@H](OCc4ccccc4)[C@H]3OCc3ccccc3)ccc2Cl)cc1F. The number of ether oxygens (including phenoxy) is 6. The highest BCUT2D eigenvalue weighted by Gasteiger charge is 2.58. The van der Waals surface area contributed by atoms with Crippen molar-refractivity contribution in [1.29, 1.82) is 0 Å². The minimum atomic E-state index is -2.80. The summed E-state index contributed by atoms with van der Waals surface area (Å²) in [6.07, 6.45) is -3.16. The number of aldehydes is 1. The van der Waals surface area contributed by atoms with Gasteiger partial charge in [0.25, 0.3) is 0 Å². The number of hydrogen-bond donors (Lipinski definition) is 0. The first-order valence-electron chi connectivity index (χ1n) is 18.0. The van der Waals surface area contributed by atoms with Crippen LogP contribution in [0.25, 0.3) is 0 Å². The predicted octanol–water partition coefficient (Wildman–Crippen LogP) is 8.23. The number of methoxy groups -OCH3 is 2. The van der Waals surface area contributed by atoms with Crippen LogP contribution in [-0.2, 0) is 60.5 Å². The van der Waals surface area contributed by atoms with Crippen LogP contribution >= 0.6 is 11.6 Å². The number of hydrogen-bond acceptors (Lipinski definition) is 7. The van der Waals surface area contributed by atoms with Crippen molar-refractivity contribution in [2.45, 2.75) is 56.4 Å². The van der Waals surface area contributed by atoms with Crippen LogP contribution in [0.2, 0.25) is 5.02 Å². The lowest BCUT2D eigenvalue weighted by molar-refractivity contribution is -0.373. The van der Waals surface area contributed by atoms with E-state index in [-0.39, 0.29) is 26.2 Å². The molecule has 0 aliphatic carbocycles. The fourth-order valence-corrected chi connectivity index (χ4v) is 6.47. The molecule has 0 saturated carbocycles. The first-order chi connectivity index (χ1) is 26.1. The molecule has 5 aromatic carbocycles. The van der Waals surface area contributed by atoms with Crippen molar-refractivity contribution in [2.75, 3.05) is 14.1 Å². The van der Waals surface area contributed by atoms with Crippen molar-refractivity contribution in [3.63, 3.8) is 0 Å². The molecule has 7 nitrogen and oxygen atoms in total. The van der Waals surface area contributed by atoms with Crippen LogP contribution in [0.4, 0.5) is 4.39 Å². The molecule has 5 aromatic rings. The third-order valence-electron chi connectivity index (χ3n) is 8.86. The molecule has 264 valence electrons. The third-order valence-corrected chi connectivity index (χ3v) is 9.23. The zero-order valence-corrected chi connectivity index (χ0v) is 28.7. The Kier molecular flexibility index (Phi) is 11.0. The van der Waals surface area contributed by atoms with Gasteiger partial charge in [0, 0.05) is 17.7 Å². The van der Waals surface area contributed by atoms with E-state index in [0.717, 1.165) is 16.7 Å².